The molecule has 0 aromatic heterocycles. The van der Waals surface area contributed by atoms with E-state index in [0.29, 0.717) is 5.92 Å². The van der Waals surface area contributed by atoms with Gasteiger partial charge in [-0.25, -0.2) is 4.39 Å². The van der Waals surface area contributed by atoms with Crippen molar-refractivity contribution in [1.82, 2.24) is 0 Å². The number of thioether (sulfide) groups is 1. The Morgan fingerprint density at radius 1 is 1.38 bits per heavy atom. The summed E-state index contributed by atoms with van der Waals surface area (Å²) < 4.78 is 12.9. The number of rotatable bonds is 3. The molecule has 0 saturated carbocycles. The first-order valence-corrected chi connectivity index (χ1v) is 5.47. The average molecular weight is 198 g/mol. The first kappa shape index (κ1) is 10.6. The van der Waals surface area contributed by atoms with E-state index >= 15 is 0 Å². The fourth-order valence-electron chi connectivity index (χ4n) is 0.970. The average Bonchev–Trinajstić information content (AvgIpc) is 2.07. The fourth-order valence-corrected chi connectivity index (χ4v) is 1.92. The highest BCUT2D eigenvalue weighted by Crippen LogP contribution is 2.22. The summed E-state index contributed by atoms with van der Waals surface area (Å²) in [6, 6.07) is 5.29. The van der Waals surface area contributed by atoms with E-state index in [1.165, 1.54) is 6.07 Å². The molecule has 0 bridgehead atoms. The van der Waals surface area contributed by atoms with Gasteiger partial charge in [-0.3, -0.25) is 0 Å². The molecule has 13 heavy (non-hydrogen) atoms. The first-order chi connectivity index (χ1) is 6.09. The van der Waals surface area contributed by atoms with Crippen LogP contribution in [0.4, 0.5) is 4.39 Å². The van der Waals surface area contributed by atoms with E-state index in [-0.39, 0.29) is 5.82 Å². The predicted molar refractivity (Wildman–Crippen MR) is 56.7 cm³/mol. The molecule has 72 valence electrons. The summed E-state index contributed by atoms with van der Waals surface area (Å²) in [6.07, 6.45) is 0. The molecule has 0 unspecified atom stereocenters. The highest BCUT2D eigenvalue weighted by molar-refractivity contribution is 7.99. The molecule has 0 saturated heterocycles. The Morgan fingerprint density at radius 2 is 2.08 bits per heavy atom. The Bertz CT molecular complexity index is 281. The van der Waals surface area contributed by atoms with Gasteiger partial charge in [0.2, 0.25) is 0 Å². The molecule has 0 radical (unpaired) electrons. The van der Waals surface area contributed by atoms with Crippen LogP contribution < -0.4 is 0 Å². The molecule has 2 heteroatoms. The maximum absolute atomic E-state index is 12.9. The molecule has 1 aromatic carbocycles. The maximum atomic E-state index is 12.9. The monoisotopic (exact) mass is 198 g/mol. The van der Waals surface area contributed by atoms with Crippen molar-refractivity contribution < 1.29 is 4.39 Å². The van der Waals surface area contributed by atoms with Crippen molar-refractivity contribution in [2.45, 2.75) is 25.7 Å². The van der Waals surface area contributed by atoms with E-state index in [4.69, 9.17) is 0 Å². The summed E-state index contributed by atoms with van der Waals surface area (Å²) in [6.45, 7) is 6.17. The molecule has 0 fully saturated rings. The Hall–Kier alpha value is -0.500. The van der Waals surface area contributed by atoms with Crippen LogP contribution in [0.2, 0.25) is 0 Å². The minimum absolute atomic E-state index is 0.117. The minimum Gasteiger partial charge on any atom is -0.207 e. The summed E-state index contributed by atoms with van der Waals surface area (Å²) in [5, 5.41) is 0. The zero-order valence-electron chi connectivity index (χ0n) is 8.30. The number of hydrogen-bond donors (Lipinski definition) is 0. The first-order valence-electron chi connectivity index (χ1n) is 4.48. The molecular formula is C11H15FS. The normalized spacial score (nSPS) is 10.8. The smallest absolute Gasteiger partial charge is 0.126 e. The second kappa shape index (κ2) is 4.66. The quantitative estimate of drug-likeness (QED) is 0.664. The SMILES string of the molecule is Cc1cc(SCC(C)C)ccc1F. The summed E-state index contributed by atoms with van der Waals surface area (Å²) in [5.41, 5.74) is 0.730. The lowest BCUT2D eigenvalue weighted by atomic mass is 10.2. The van der Waals surface area contributed by atoms with Crippen molar-refractivity contribution in [2.75, 3.05) is 5.75 Å². The topological polar surface area (TPSA) is 0 Å². The van der Waals surface area contributed by atoms with Crippen LogP contribution in [0.25, 0.3) is 0 Å². The summed E-state index contributed by atoms with van der Waals surface area (Å²) in [7, 11) is 0. The van der Waals surface area contributed by atoms with Gasteiger partial charge >= 0.3 is 0 Å². The highest BCUT2D eigenvalue weighted by atomic mass is 32.2. The highest BCUT2D eigenvalue weighted by Gasteiger charge is 2.00. The molecule has 1 rings (SSSR count). The lowest BCUT2D eigenvalue weighted by Crippen LogP contribution is -1.90. The molecule has 0 aliphatic rings. The van der Waals surface area contributed by atoms with E-state index in [1.807, 2.05) is 12.1 Å². The van der Waals surface area contributed by atoms with Crippen molar-refractivity contribution in [2.24, 2.45) is 5.92 Å². The molecule has 1 aromatic rings. The second-order valence-corrected chi connectivity index (χ2v) is 4.71. The molecule has 0 nitrogen and oxygen atoms in total. The predicted octanol–water partition coefficient (Wildman–Crippen LogP) is 3.88. The Labute approximate surface area is 83.5 Å². The van der Waals surface area contributed by atoms with Gasteiger partial charge < -0.3 is 0 Å². The van der Waals surface area contributed by atoms with Crippen LogP contribution in [0.5, 0.6) is 0 Å². The van der Waals surface area contributed by atoms with Crippen LogP contribution in [0.1, 0.15) is 19.4 Å². The van der Waals surface area contributed by atoms with E-state index in [2.05, 4.69) is 13.8 Å². The van der Waals surface area contributed by atoms with Crippen LogP contribution >= 0.6 is 11.8 Å². The van der Waals surface area contributed by atoms with Gasteiger partial charge in [0.05, 0.1) is 0 Å². The third-order valence-corrected chi connectivity index (χ3v) is 3.13. The molecule has 0 N–H and O–H groups in total. The van der Waals surface area contributed by atoms with E-state index in [0.717, 1.165) is 16.2 Å². The number of aryl methyl sites for hydroxylation is 1. The van der Waals surface area contributed by atoms with E-state index in [1.54, 1.807) is 18.7 Å². The number of benzene rings is 1. The van der Waals surface area contributed by atoms with Gasteiger partial charge in [-0.1, -0.05) is 13.8 Å². The van der Waals surface area contributed by atoms with Crippen molar-refractivity contribution in [1.29, 1.82) is 0 Å². The summed E-state index contributed by atoms with van der Waals surface area (Å²) >= 11 is 1.78. The number of hydrogen-bond acceptors (Lipinski definition) is 1. The molecule has 0 amide bonds. The lowest BCUT2D eigenvalue weighted by molar-refractivity contribution is 0.617. The summed E-state index contributed by atoms with van der Waals surface area (Å²) in [5.74, 6) is 1.65. The standard InChI is InChI=1S/C11H15FS/c1-8(2)7-13-10-4-5-11(12)9(3)6-10/h4-6,8H,7H2,1-3H3. The molecule has 0 aliphatic heterocycles. The zero-order chi connectivity index (χ0) is 9.84. The van der Waals surface area contributed by atoms with Crippen molar-refractivity contribution in [3.63, 3.8) is 0 Å². The maximum Gasteiger partial charge on any atom is 0.126 e. The molecule has 0 heterocycles. The Kier molecular flexibility index (Phi) is 3.79. The summed E-state index contributed by atoms with van der Waals surface area (Å²) in [4.78, 5) is 1.16. The number of halogens is 1. The minimum atomic E-state index is -0.117. The fraction of sp³-hybridized carbons (Fsp3) is 0.455. The molecule has 0 spiro atoms. The van der Waals surface area contributed by atoms with Gasteiger partial charge in [0, 0.05) is 10.6 Å². The van der Waals surface area contributed by atoms with Crippen molar-refractivity contribution in [3.8, 4) is 0 Å². The molecule has 0 atom stereocenters. The van der Waals surface area contributed by atoms with Gasteiger partial charge in [-0.15, -0.1) is 11.8 Å². The lowest BCUT2D eigenvalue weighted by Gasteiger charge is -2.05. The van der Waals surface area contributed by atoms with Crippen molar-refractivity contribution >= 4 is 11.8 Å². The third-order valence-electron chi connectivity index (χ3n) is 1.71. The van der Waals surface area contributed by atoms with E-state index < -0.39 is 0 Å². The van der Waals surface area contributed by atoms with Gasteiger partial charge in [0.15, 0.2) is 0 Å². The second-order valence-electron chi connectivity index (χ2n) is 3.62. The third kappa shape index (κ3) is 3.39. The molecule has 0 aliphatic carbocycles. The largest absolute Gasteiger partial charge is 0.207 e. The van der Waals surface area contributed by atoms with Crippen LogP contribution in [-0.2, 0) is 0 Å². The van der Waals surface area contributed by atoms with Gasteiger partial charge in [-0.05, 0) is 36.6 Å². The van der Waals surface area contributed by atoms with Crippen LogP contribution in [0, 0.1) is 18.7 Å². The zero-order valence-corrected chi connectivity index (χ0v) is 9.12. The van der Waals surface area contributed by atoms with Gasteiger partial charge in [0.25, 0.3) is 0 Å². The van der Waals surface area contributed by atoms with Crippen LogP contribution in [0.3, 0.4) is 0 Å². The Balaban J connectivity index is 2.63. The Morgan fingerprint density at radius 3 is 2.62 bits per heavy atom. The van der Waals surface area contributed by atoms with Crippen LogP contribution in [-0.4, -0.2) is 5.75 Å². The van der Waals surface area contributed by atoms with Gasteiger partial charge in [-0.2, -0.15) is 0 Å². The van der Waals surface area contributed by atoms with E-state index in [9.17, 15) is 4.39 Å². The van der Waals surface area contributed by atoms with Crippen molar-refractivity contribution in [3.05, 3.63) is 29.6 Å². The molecular weight excluding hydrogens is 183 g/mol. The van der Waals surface area contributed by atoms with Gasteiger partial charge in [0.1, 0.15) is 5.82 Å². The van der Waals surface area contributed by atoms with Crippen LogP contribution in [0.15, 0.2) is 23.1 Å².